The molecule has 1 amide bonds. The van der Waals surface area contributed by atoms with E-state index in [0.29, 0.717) is 17.2 Å². The highest BCUT2D eigenvalue weighted by atomic mass is 79.9. The fourth-order valence-electron chi connectivity index (χ4n) is 1.93. The molecule has 1 aromatic carbocycles. The van der Waals surface area contributed by atoms with Gasteiger partial charge in [-0.15, -0.1) is 0 Å². The van der Waals surface area contributed by atoms with E-state index in [4.69, 9.17) is 5.73 Å². The average molecular weight is 327 g/mol. The van der Waals surface area contributed by atoms with Crippen LogP contribution in [0.25, 0.3) is 0 Å². The Balaban J connectivity index is 2.52. The predicted octanol–water partition coefficient (Wildman–Crippen LogP) is 3.98. The lowest BCUT2D eigenvalue weighted by Gasteiger charge is -2.15. The third-order valence-corrected chi connectivity index (χ3v) is 3.55. The maximum atomic E-state index is 12.1. The molecule has 0 aromatic heterocycles. The summed E-state index contributed by atoms with van der Waals surface area (Å²) < 4.78 is 0.860. The molecule has 0 radical (unpaired) electrons. The number of anilines is 1. The molecule has 0 saturated carbocycles. The van der Waals surface area contributed by atoms with Crippen molar-refractivity contribution in [3.63, 3.8) is 0 Å². The zero-order valence-electron chi connectivity index (χ0n) is 11.9. The number of rotatable bonds is 6. The van der Waals surface area contributed by atoms with Crippen LogP contribution in [-0.2, 0) is 0 Å². The SMILES string of the molecule is CC(C)CCCC(C)NC(=O)c1cc(Br)ccc1N. The summed E-state index contributed by atoms with van der Waals surface area (Å²) in [5, 5.41) is 3.00. The van der Waals surface area contributed by atoms with Crippen LogP contribution in [0.3, 0.4) is 0 Å². The molecule has 0 aliphatic carbocycles. The van der Waals surface area contributed by atoms with Crippen molar-refractivity contribution in [3.05, 3.63) is 28.2 Å². The highest BCUT2D eigenvalue weighted by molar-refractivity contribution is 9.10. The number of halogens is 1. The quantitative estimate of drug-likeness (QED) is 0.777. The number of carbonyl (C=O) groups is 1. The summed E-state index contributed by atoms with van der Waals surface area (Å²) in [6, 6.07) is 5.50. The van der Waals surface area contributed by atoms with Crippen LogP contribution in [0.2, 0.25) is 0 Å². The number of hydrogen-bond acceptors (Lipinski definition) is 2. The lowest BCUT2D eigenvalue weighted by atomic mass is 10.0. The number of amides is 1. The number of nitrogens with two attached hydrogens (primary N) is 1. The van der Waals surface area contributed by atoms with Crippen LogP contribution in [0.1, 0.15) is 50.4 Å². The van der Waals surface area contributed by atoms with Gasteiger partial charge in [0.1, 0.15) is 0 Å². The number of nitrogen functional groups attached to an aromatic ring is 1. The van der Waals surface area contributed by atoms with Gasteiger partial charge >= 0.3 is 0 Å². The van der Waals surface area contributed by atoms with Gasteiger partial charge in [0.15, 0.2) is 0 Å². The van der Waals surface area contributed by atoms with Crippen molar-refractivity contribution in [2.45, 2.75) is 46.1 Å². The van der Waals surface area contributed by atoms with Crippen molar-refractivity contribution in [1.82, 2.24) is 5.32 Å². The maximum absolute atomic E-state index is 12.1. The average Bonchev–Trinajstić information content (AvgIpc) is 2.31. The van der Waals surface area contributed by atoms with Crippen LogP contribution in [0, 0.1) is 5.92 Å². The Morgan fingerprint density at radius 1 is 1.32 bits per heavy atom. The lowest BCUT2D eigenvalue weighted by molar-refractivity contribution is 0.0938. The second-order valence-corrected chi connectivity index (χ2v) is 6.35. The largest absolute Gasteiger partial charge is 0.398 e. The van der Waals surface area contributed by atoms with E-state index < -0.39 is 0 Å². The fourth-order valence-corrected chi connectivity index (χ4v) is 2.29. The van der Waals surface area contributed by atoms with E-state index in [1.807, 2.05) is 13.0 Å². The molecule has 0 aliphatic heterocycles. The third-order valence-electron chi connectivity index (χ3n) is 3.06. The second-order valence-electron chi connectivity index (χ2n) is 5.43. The molecule has 0 saturated heterocycles. The molecule has 0 bridgehead atoms. The molecule has 1 atom stereocenters. The van der Waals surface area contributed by atoms with E-state index in [2.05, 4.69) is 35.1 Å². The van der Waals surface area contributed by atoms with Crippen molar-refractivity contribution in [2.75, 3.05) is 5.73 Å². The van der Waals surface area contributed by atoms with E-state index in [1.54, 1.807) is 12.1 Å². The molecular weight excluding hydrogens is 304 g/mol. The minimum Gasteiger partial charge on any atom is -0.398 e. The molecule has 1 rings (SSSR count). The second kappa shape index (κ2) is 7.53. The van der Waals surface area contributed by atoms with Gasteiger partial charge in [-0.25, -0.2) is 0 Å². The third kappa shape index (κ3) is 5.64. The molecule has 1 aromatic rings. The van der Waals surface area contributed by atoms with Gasteiger partial charge in [-0.05, 0) is 37.5 Å². The van der Waals surface area contributed by atoms with Crippen LogP contribution in [0.5, 0.6) is 0 Å². The van der Waals surface area contributed by atoms with Gasteiger partial charge in [-0.3, -0.25) is 4.79 Å². The molecule has 0 spiro atoms. The Morgan fingerprint density at radius 2 is 2.00 bits per heavy atom. The fraction of sp³-hybridized carbons (Fsp3) is 0.533. The first-order chi connectivity index (χ1) is 8.90. The van der Waals surface area contributed by atoms with Crippen LogP contribution >= 0.6 is 15.9 Å². The van der Waals surface area contributed by atoms with Crippen molar-refractivity contribution >= 4 is 27.5 Å². The lowest BCUT2D eigenvalue weighted by Crippen LogP contribution is -2.33. The highest BCUT2D eigenvalue weighted by Crippen LogP contribution is 2.18. The van der Waals surface area contributed by atoms with Gasteiger partial charge in [0.2, 0.25) is 0 Å². The van der Waals surface area contributed by atoms with Crippen molar-refractivity contribution in [2.24, 2.45) is 5.92 Å². The van der Waals surface area contributed by atoms with E-state index in [1.165, 1.54) is 6.42 Å². The number of nitrogens with one attached hydrogen (secondary N) is 1. The number of hydrogen-bond donors (Lipinski definition) is 2. The Labute approximate surface area is 124 Å². The molecule has 0 fully saturated rings. The molecule has 0 heterocycles. The first-order valence-electron chi connectivity index (χ1n) is 6.76. The van der Waals surface area contributed by atoms with E-state index >= 15 is 0 Å². The summed E-state index contributed by atoms with van der Waals surface area (Å²) in [5.74, 6) is 0.611. The summed E-state index contributed by atoms with van der Waals surface area (Å²) in [5.41, 5.74) is 6.87. The van der Waals surface area contributed by atoms with Gasteiger partial charge in [0.05, 0.1) is 5.56 Å². The predicted molar refractivity (Wildman–Crippen MR) is 84.2 cm³/mol. The maximum Gasteiger partial charge on any atom is 0.253 e. The van der Waals surface area contributed by atoms with Crippen LogP contribution in [0.15, 0.2) is 22.7 Å². The molecule has 19 heavy (non-hydrogen) atoms. The van der Waals surface area contributed by atoms with Crippen LogP contribution in [-0.4, -0.2) is 11.9 Å². The summed E-state index contributed by atoms with van der Waals surface area (Å²) in [6.07, 6.45) is 3.32. The van der Waals surface area contributed by atoms with Gasteiger partial charge < -0.3 is 11.1 Å². The first kappa shape index (κ1) is 16.0. The van der Waals surface area contributed by atoms with E-state index in [9.17, 15) is 4.79 Å². The minimum atomic E-state index is -0.101. The molecule has 0 aliphatic rings. The zero-order valence-corrected chi connectivity index (χ0v) is 13.5. The van der Waals surface area contributed by atoms with Gasteiger partial charge in [0.25, 0.3) is 5.91 Å². The Bertz CT molecular complexity index is 432. The standard InChI is InChI=1S/C15H23BrN2O/c1-10(2)5-4-6-11(3)18-15(19)13-9-12(16)7-8-14(13)17/h7-11H,4-6,17H2,1-3H3,(H,18,19). The molecule has 106 valence electrons. The van der Waals surface area contributed by atoms with Crippen LogP contribution < -0.4 is 11.1 Å². The summed E-state index contributed by atoms with van der Waals surface area (Å²) >= 11 is 3.35. The van der Waals surface area contributed by atoms with Crippen LogP contribution in [0.4, 0.5) is 5.69 Å². The molecule has 4 heteroatoms. The van der Waals surface area contributed by atoms with Crippen molar-refractivity contribution in [1.29, 1.82) is 0 Å². The summed E-state index contributed by atoms with van der Waals surface area (Å²) in [7, 11) is 0. The number of carbonyl (C=O) groups excluding carboxylic acids is 1. The number of benzene rings is 1. The van der Waals surface area contributed by atoms with Gasteiger partial charge in [0, 0.05) is 16.2 Å². The normalized spacial score (nSPS) is 12.5. The topological polar surface area (TPSA) is 55.1 Å². The Kier molecular flexibility index (Phi) is 6.35. The molecule has 3 nitrogen and oxygen atoms in total. The smallest absolute Gasteiger partial charge is 0.253 e. The van der Waals surface area contributed by atoms with E-state index in [0.717, 1.165) is 17.3 Å². The zero-order chi connectivity index (χ0) is 14.4. The summed E-state index contributed by atoms with van der Waals surface area (Å²) in [4.78, 5) is 12.1. The summed E-state index contributed by atoms with van der Waals surface area (Å²) in [6.45, 7) is 6.46. The molecule has 1 unspecified atom stereocenters. The monoisotopic (exact) mass is 326 g/mol. The van der Waals surface area contributed by atoms with E-state index in [-0.39, 0.29) is 11.9 Å². The highest BCUT2D eigenvalue weighted by Gasteiger charge is 2.13. The Hall–Kier alpha value is -1.03. The molecule has 3 N–H and O–H groups in total. The van der Waals surface area contributed by atoms with Crippen molar-refractivity contribution in [3.8, 4) is 0 Å². The molecular formula is C15H23BrN2O. The first-order valence-corrected chi connectivity index (χ1v) is 7.55. The van der Waals surface area contributed by atoms with Gasteiger partial charge in [-0.2, -0.15) is 0 Å². The van der Waals surface area contributed by atoms with Gasteiger partial charge in [-0.1, -0.05) is 42.6 Å². The van der Waals surface area contributed by atoms with Crippen molar-refractivity contribution < 1.29 is 4.79 Å². The Morgan fingerprint density at radius 3 is 2.63 bits per heavy atom. The minimum absolute atomic E-state index is 0.101.